The van der Waals surface area contributed by atoms with Crippen LogP contribution in [0.2, 0.25) is 0 Å². The standard InChI is InChI=1S/C96H74N2O20S4/c1-51(2)67-33-19-34-68(52(3)4)91(67)97-93(99)73-47-77(115-61-29-15-25-57(41-61)55-21-11-9-12-22-55)85-86-78(116-62-30-16-26-58(42-62)56-23-13-10-14-24-56)48-74-84-76(96(102)98(94(74)100)92-69(53(5)6)35-20-36-70(92)54(7)8)50-80(118-64-38-40-82(122(112,113)114)72(46-64)60-28-18-32-66(44-60)120(106,107)108)88(90(84)86)87-79(49-75(95(97)101)83(73)89(85)87)117-63-37-39-81(121(109,110)111)71(45-63)59-27-17-31-65(43-59)119(103,104)105/h9-54H,1-8H3,(H,103,104,105)(H,106,107,108)(H,109,110,111)(H,112,113,114). The van der Waals surface area contributed by atoms with Gasteiger partial charge >= 0.3 is 0 Å². The Hall–Kier alpha value is -13.3. The highest BCUT2D eigenvalue weighted by atomic mass is 32.2. The highest BCUT2D eigenvalue weighted by molar-refractivity contribution is 7.86. The van der Waals surface area contributed by atoms with Crippen LogP contribution in [0.1, 0.15) is 143 Å². The number of carbonyl (C=O) groups excluding carboxylic acids is 4. The average molecular weight is 1700 g/mol. The normalized spacial score (nSPS) is 13.3. The Labute approximate surface area is 702 Å². The first-order valence-corrected chi connectivity index (χ1v) is 44.6. The highest BCUT2D eigenvalue weighted by Gasteiger charge is 2.45. The van der Waals surface area contributed by atoms with E-state index in [0.29, 0.717) is 33.4 Å². The molecule has 2 aliphatic heterocycles. The van der Waals surface area contributed by atoms with Gasteiger partial charge in [-0.1, -0.05) is 201 Å². The molecule has 0 bridgehead atoms. The first-order valence-electron chi connectivity index (χ1n) is 38.8. The van der Waals surface area contributed by atoms with Gasteiger partial charge in [-0.05, 0) is 189 Å². The van der Waals surface area contributed by atoms with Crippen molar-refractivity contribution >= 4 is 119 Å². The summed E-state index contributed by atoms with van der Waals surface area (Å²) in [5, 5.41) is -0.206. The van der Waals surface area contributed by atoms with E-state index in [2.05, 4.69) is 0 Å². The van der Waals surface area contributed by atoms with E-state index in [0.717, 1.165) is 69.5 Å². The number of amides is 4. The number of hydrogen-bond donors (Lipinski definition) is 4. The minimum Gasteiger partial charge on any atom is -0.457 e. The molecular formula is C96H74N2O20S4. The van der Waals surface area contributed by atoms with Crippen molar-refractivity contribution in [2.75, 3.05) is 9.80 Å². The zero-order valence-corrected chi connectivity index (χ0v) is 69.7. The molecule has 15 aromatic rings. The molecule has 15 aromatic carbocycles. The van der Waals surface area contributed by atoms with E-state index in [9.17, 15) is 51.9 Å². The molecule has 4 N–H and O–H groups in total. The van der Waals surface area contributed by atoms with Gasteiger partial charge in [0.15, 0.2) is 0 Å². The summed E-state index contributed by atoms with van der Waals surface area (Å²) in [5.74, 6) is -5.68. The molecule has 0 unspecified atom stereocenters. The van der Waals surface area contributed by atoms with Gasteiger partial charge < -0.3 is 18.9 Å². The third-order valence-electron chi connectivity index (χ3n) is 22.2. The van der Waals surface area contributed by atoms with Crippen LogP contribution < -0.4 is 28.7 Å². The van der Waals surface area contributed by atoms with Gasteiger partial charge in [0.1, 0.15) is 55.8 Å². The zero-order chi connectivity index (χ0) is 86.2. The number of para-hydroxylation sites is 2. The Morgan fingerprint density at radius 2 is 0.516 bits per heavy atom. The Morgan fingerprint density at radius 1 is 0.246 bits per heavy atom. The maximum atomic E-state index is 17.0. The summed E-state index contributed by atoms with van der Waals surface area (Å²) in [5.41, 5.74) is 4.26. The Morgan fingerprint density at radius 3 is 0.803 bits per heavy atom. The van der Waals surface area contributed by atoms with Gasteiger partial charge in [-0.25, -0.2) is 9.80 Å². The van der Waals surface area contributed by atoms with E-state index in [1.165, 1.54) is 60.7 Å². The van der Waals surface area contributed by atoms with Crippen LogP contribution in [0.5, 0.6) is 46.0 Å². The summed E-state index contributed by atoms with van der Waals surface area (Å²) in [7, 11) is -20.5. The molecule has 17 rings (SSSR count). The molecular weight excluding hydrogens is 1630 g/mol. The number of carbonyl (C=O) groups is 4. The van der Waals surface area contributed by atoms with E-state index in [4.69, 9.17) is 18.9 Å². The Balaban J connectivity index is 1.10. The molecule has 0 spiro atoms. The lowest BCUT2D eigenvalue weighted by Gasteiger charge is -2.35. The second-order valence-corrected chi connectivity index (χ2v) is 36.9. The maximum Gasteiger partial charge on any atom is 0.295 e. The molecule has 22 nitrogen and oxygen atoms in total. The first-order chi connectivity index (χ1) is 58.0. The molecule has 0 saturated carbocycles. The number of anilines is 2. The minimum atomic E-state index is -5.24. The first kappa shape index (κ1) is 81.1. The average Bonchev–Trinajstić information content (AvgIpc) is 0.667. The predicted molar refractivity (Wildman–Crippen MR) is 466 cm³/mol. The fourth-order valence-electron chi connectivity index (χ4n) is 16.7. The maximum absolute atomic E-state index is 17.0. The molecule has 0 radical (unpaired) electrons. The van der Waals surface area contributed by atoms with Crippen LogP contribution in [-0.2, 0) is 40.5 Å². The highest BCUT2D eigenvalue weighted by Crippen LogP contribution is 2.60. The van der Waals surface area contributed by atoms with Crippen LogP contribution in [0.3, 0.4) is 0 Å². The van der Waals surface area contributed by atoms with Gasteiger partial charge in [0.05, 0.1) is 43.4 Å². The number of rotatable bonds is 22. The van der Waals surface area contributed by atoms with Crippen molar-refractivity contribution in [3.8, 4) is 90.5 Å². The minimum absolute atomic E-state index is 0.0160. The summed E-state index contributed by atoms with van der Waals surface area (Å²) < 4.78 is 179. The van der Waals surface area contributed by atoms with Gasteiger partial charge in [0.25, 0.3) is 64.1 Å². The van der Waals surface area contributed by atoms with Crippen LogP contribution in [0, 0.1) is 0 Å². The number of hydrogen-bond acceptors (Lipinski definition) is 16. The number of nitrogens with zero attached hydrogens (tertiary/aromatic N) is 2. The molecule has 122 heavy (non-hydrogen) atoms. The van der Waals surface area contributed by atoms with Crippen molar-refractivity contribution < 1.29 is 90.0 Å². The summed E-state index contributed by atoms with van der Waals surface area (Å²) in [6, 6.07) is 65.6. The molecule has 0 aromatic heterocycles. The quantitative estimate of drug-likeness (QED) is 0.0212. The lowest BCUT2D eigenvalue weighted by atomic mass is 9.80. The lowest BCUT2D eigenvalue weighted by Crippen LogP contribution is -2.42. The van der Waals surface area contributed by atoms with Gasteiger partial charge in [-0.3, -0.25) is 37.4 Å². The van der Waals surface area contributed by atoms with Crippen LogP contribution in [0.15, 0.2) is 274 Å². The second kappa shape index (κ2) is 30.5. The van der Waals surface area contributed by atoms with E-state index in [1.807, 2.05) is 165 Å². The summed E-state index contributed by atoms with van der Waals surface area (Å²) in [6.07, 6.45) is 0. The van der Waals surface area contributed by atoms with E-state index < -0.39 is 83.7 Å². The fraction of sp³-hybridized carbons (Fsp3) is 0.125. The fourth-order valence-corrected chi connectivity index (χ4v) is 19.2. The molecule has 612 valence electrons. The summed E-state index contributed by atoms with van der Waals surface area (Å²) >= 11 is 0. The van der Waals surface area contributed by atoms with Crippen LogP contribution in [0.25, 0.3) is 87.6 Å². The Bertz CT molecular complexity index is 7000. The molecule has 0 aliphatic carbocycles. The van der Waals surface area contributed by atoms with Gasteiger partial charge in [0, 0.05) is 54.2 Å². The molecule has 26 heteroatoms. The lowest BCUT2D eigenvalue weighted by molar-refractivity contribution is 0.0877. The van der Waals surface area contributed by atoms with Crippen molar-refractivity contribution in [1.82, 2.24) is 0 Å². The van der Waals surface area contributed by atoms with Crippen LogP contribution in [-0.4, -0.2) is 75.5 Å². The van der Waals surface area contributed by atoms with Crippen molar-refractivity contribution in [3.05, 3.63) is 299 Å². The van der Waals surface area contributed by atoms with Crippen molar-refractivity contribution in [3.63, 3.8) is 0 Å². The summed E-state index contributed by atoms with van der Waals surface area (Å²) in [6.45, 7) is 15.4. The molecule has 0 atom stereocenters. The van der Waals surface area contributed by atoms with E-state index in [1.54, 1.807) is 36.4 Å². The van der Waals surface area contributed by atoms with Crippen LogP contribution in [0.4, 0.5) is 11.4 Å². The van der Waals surface area contributed by atoms with Gasteiger partial charge in [-0.15, -0.1) is 0 Å². The molecule has 0 fully saturated rings. The van der Waals surface area contributed by atoms with Crippen molar-refractivity contribution in [2.24, 2.45) is 0 Å². The molecule has 0 saturated heterocycles. The smallest absolute Gasteiger partial charge is 0.295 e. The molecule has 2 aliphatic rings. The largest absolute Gasteiger partial charge is 0.457 e. The van der Waals surface area contributed by atoms with Gasteiger partial charge in [-0.2, -0.15) is 33.7 Å². The SMILES string of the molecule is CC(C)c1cccc(C(C)C)c1N1C(=O)c2cc(Oc3cccc(-c4ccccc4)c3)c3c4c(Oc5cccc(-c6ccccc6)c5)cc5c6c(cc(Oc7ccc(S(=O)(=O)O)c(-c8cccc(S(=O)(=O)O)c8)c7)c(c7c(Oc8ccc(S(=O)(=O)O)c(-c9cccc(S(=O)(=O)O)c9)c8)cc(c2c37)C1=O)c64)C(=O)N(c1c(C(C)C)cccc1C(C)C)C5=O. The van der Waals surface area contributed by atoms with E-state index in [-0.39, 0.29) is 169 Å². The number of ether oxygens (including phenoxy) is 4. The molecule has 4 amide bonds. The van der Waals surface area contributed by atoms with Gasteiger partial charge in [0.2, 0.25) is 0 Å². The van der Waals surface area contributed by atoms with Crippen LogP contribution >= 0.6 is 0 Å². The third kappa shape index (κ3) is 14.3. The van der Waals surface area contributed by atoms with Crippen molar-refractivity contribution in [2.45, 2.75) is 98.6 Å². The molecule has 2 heterocycles. The summed E-state index contributed by atoms with van der Waals surface area (Å²) in [4.78, 5) is 67.2. The predicted octanol–water partition coefficient (Wildman–Crippen LogP) is 22.7. The van der Waals surface area contributed by atoms with Crippen molar-refractivity contribution in [1.29, 1.82) is 0 Å². The topological polar surface area (TPSA) is 329 Å². The number of imide groups is 2. The third-order valence-corrected chi connectivity index (χ3v) is 25.7. The Kier molecular flexibility index (Phi) is 20.2. The zero-order valence-electron chi connectivity index (χ0n) is 66.4. The monoisotopic (exact) mass is 1700 g/mol. The number of benzene rings is 15. The second-order valence-electron chi connectivity index (χ2n) is 31.2. The van der Waals surface area contributed by atoms with E-state index >= 15 is 19.2 Å². The number of fused-ring (bicyclic) bond motifs is 2.